The summed E-state index contributed by atoms with van der Waals surface area (Å²) >= 11 is 0. The summed E-state index contributed by atoms with van der Waals surface area (Å²) in [5.74, 6) is -1.60. The zero-order valence-corrected chi connectivity index (χ0v) is 19.0. The van der Waals surface area contributed by atoms with Gasteiger partial charge in [0.2, 0.25) is 9.84 Å². The van der Waals surface area contributed by atoms with Crippen LogP contribution in [0.2, 0.25) is 0 Å². The lowest BCUT2D eigenvalue weighted by Crippen LogP contribution is -2.49. The van der Waals surface area contributed by atoms with Gasteiger partial charge in [-0.05, 0) is 50.3 Å². The number of allylic oxidation sites excluding steroid dienone is 1. The molecule has 0 saturated heterocycles. The molecule has 1 N–H and O–H groups in total. The standard InChI is InChI=1S/C23H24F3NO5S/c1-21(2,28)20(18-11-10-16(23(24,25)26)14-19(18)32-15-31-3)22(12-7-13-27-22)33(29,30)17-8-5-4-6-9-17/h4-14,20,28H,15H2,1-3H3. The molecule has 3 rings (SSSR count). The Morgan fingerprint density at radius 2 is 1.79 bits per heavy atom. The molecule has 0 aromatic heterocycles. The third-order valence-electron chi connectivity index (χ3n) is 5.29. The van der Waals surface area contributed by atoms with Gasteiger partial charge in [0.1, 0.15) is 5.75 Å². The predicted octanol–water partition coefficient (Wildman–Crippen LogP) is 4.35. The number of aliphatic hydroxyl groups is 1. The number of hydrogen-bond donors (Lipinski definition) is 1. The molecule has 0 aliphatic carbocycles. The number of halogens is 3. The first kappa shape index (κ1) is 24.9. The van der Waals surface area contributed by atoms with Crippen molar-refractivity contribution in [1.29, 1.82) is 0 Å². The second-order valence-electron chi connectivity index (χ2n) is 8.09. The number of hydrogen-bond acceptors (Lipinski definition) is 6. The molecule has 0 spiro atoms. The maximum absolute atomic E-state index is 13.8. The van der Waals surface area contributed by atoms with E-state index in [1.54, 1.807) is 18.2 Å². The van der Waals surface area contributed by atoms with Gasteiger partial charge in [-0.15, -0.1) is 0 Å². The molecule has 10 heteroatoms. The molecule has 0 amide bonds. The quantitative estimate of drug-likeness (QED) is 0.564. The van der Waals surface area contributed by atoms with Gasteiger partial charge in [-0.1, -0.05) is 24.3 Å². The number of methoxy groups -OCH3 is 1. The van der Waals surface area contributed by atoms with Crippen LogP contribution in [0, 0.1) is 0 Å². The van der Waals surface area contributed by atoms with Gasteiger partial charge in [-0.2, -0.15) is 13.2 Å². The molecule has 0 radical (unpaired) electrons. The number of rotatable bonds is 8. The first-order valence-electron chi connectivity index (χ1n) is 9.92. The van der Waals surface area contributed by atoms with Crippen molar-refractivity contribution in [1.82, 2.24) is 0 Å². The van der Waals surface area contributed by atoms with Crippen LogP contribution >= 0.6 is 0 Å². The fourth-order valence-corrected chi connectivity index (χ4v) is 6.04. The highest BCUT2D eigenvalue weighted by Crippen LogP contribution is 2.51. The highest BCUT2D eigenvalue weighted by Gasteiger charge is 2.56. The molecule has 6 nitrogen and oxygen atoms in total. The molecule has 1 heterocycles. The summed E-state index contributed by atoms with van der Waals surface area (Å²) in [5.41, 5.74) is -2.70. The maximum Gasteiger partial charge on any atom is 0.416 e. The van der Waals surface area contributed by atoms with Crippen LogP contribution in [0.3, 0.4) is 0 Å². The van der Waals surface area contributed by atoms with E-state index < -0.39 is 38.0 Å². The van der Waals surface area contributed by atoms with Crippen LogP contribution in [0.15, 0.2) is 70.6 Å². The minimum atomic E-state index is -4.66. The highest BCUT2D eigenvalue weighted by atomic mass is 32.2. The second-order valence-corrected chi connectivity index (χ2v) is 10.2. The van der Waals surface area contributed by atoms with Crippen LogP contribution in [0.5, 0.6) is 5.75 Å². The van der Waals surface area contributed by atoms with Crippen molar-refractivity contribution < 1.29 is 36.2 Å². The van der Waals surface area contributed by atoms with Crippen molar-refractivity contribution in [3.8, 4) is 5.75 Å². The Balaban J connectivity index is 2.31. The van der Waals surface area contributed by atoms with E-state index in [0.29, 0.717) is 0 Å². The van der Waals surface area contributed by atoms with Gasteiger partial charge in [0, 0.05) is 18.9 Å². The van der Waals surface area contributed by atoms with Crippen LogP contribution in [-0.2, 0) is 20.8 Å². The van der Waals surface area contributed by atoms with E-state index in [2.05, 4.69) is 4.99 Å². The van der Waals surface area contributed by atoms with Crippen molar-refractivity contribution >= 4 is 16.1 Å². The molecule has 1 aliphatic rings. The second kappa shape index (κ2) is 8.92. The van der Waals surface area contributed by atoms with E-state index in [1.165, 1.54) is 51.5 Å². The number of alkyl halides is 3. The normalized spacial score (nSPS) is 19.6. The Hall–Kier alpha value is -2.69. The van der Waals surface area contributed by atoms with Crippen molar-refractivity contribution in [3.05, 3.63) is 71.8 Å². The first-order chi connectivity index (χ1) is 15.3. The Bertz CT molecular complexity index is 1140. The Kier molecular flexibility index (Phi) is 6.74. The molecule has 0 saturated carbocycles. The van der Waals surface area contributed by atoms with Crippen molar-refractivity contribution in [2.45, 2.75) is 41.3 Å². The average molecular weight is 484 g/mol. The molecule has 0 fully saturated rings. The van der Waals surface area contributed by atoms with Crippen molar-refractivity contribution in [2.24, 2.45) is 4.99 Å². The van der Waals surface area contributed by atoms with Crippen molar-refractivity contribution in [2.75, 3.05) is 13.9 Å². The largest absolute Gasteiger partial charge is 0.467 e. The summed E-state index contributed by atoms with van der Waals surface area (Å²) in [7, 11) is -2.96. The zero-order chi connectivity index (χ0) is 24.5. The van der Waals surface area contributed by atoms with E-state index in [9.17, 15) is 26.7 Å². The van der Waals surface area contributed by atoms with Gasteiger partial charge in [0.25, 0.3) is 0 Å². The van der Waals surface area contributed by atoms with Gasteiger partial charge in [0.15, 0.2) is 11.7 Å². The van der Waals surface area contributed by atoms with Crippen LogP contribution in [0.25, 0.3) is 0 Å². The predicted molar refractivity (Wildman–Crippen MR) is 117 cm³/mol. The highest BCUT2D eigenvalue weighted by molar-refractivity contribution is 7.93. The molecular weight excluding hydrogens is 459 g/mol. The summed E-state index contributed by atoms with van der Waals surface area (Å²) in [4.78, 5) is 2.18. The number of aliphatic imine (C=N–C) groups is 1. The fourth-order valence-electron chi connectivity index (χ4n) is 3.96. The van der Waals surface area contributed by atoms with E-state index in [-0.39, 0.29) is 23.0 Å². The number of nitrogens with zero attached hydrogens (tertiary/aromatic N) is 1. The Labute approximate surface area is 190 Å². The number of benzene rings is 2. The molecule has 33 heavy (non-hydrogen) atoms. The summed E-state index contributed by atoms with van der Waals surface area (Å²) in [5, 5.41) is 11.2. The van der Waals surface area contributed by atoms with Gasteiger partial charge in [-0.25, -0.2) is 8.42 Å². The smallest absolute Gasteiger partial charge is 0.416 e. The Morgan fingerprint density at radius 1 is 1.12 bits per heavy atom. The lowest BCUT2D eigenvalue weighted by Gasteiger charge is -2.41. The zero-order valence-electron chi connectivity index (χ0n) is 18.2. The SMILES string of the molecule is COCOc1cc(C(F)(F)F)ccc1C(C(C)(C)O)C1(S(=O)(=O)c2ccccc2)C=CC=N1. The summed E-state index contributed by atoms with van der Waals surface area (Å²) in [6.07, 6.45) is -0.610. The van der Waals surface area contributed by atoms with Gasteiger partial charge >= 0.3 is 6.18 Å². The third-order valence-corrected chi connectivity index (χ3v) is 7.52. The molecule has 0 bridgehead atoms. The summed E-state index contributed by atoms with van der Waals surface area (Å²) < 4.78 is 78.1. The van der Waals surface area contributed by atoms with Crippen molar-refractivity contribution in [3.63, 3.8) is 0 Å². The first-order valence-corrected chi connectivity index (χ1v) is 11.4. The third kappa shape index (κ3) is 4.68. The average Bonchev–Trinajstić information content (AvgIpc) is 3.23. The number of ether oxygens (including phenoxy) is 2. The van der Waals surface area contributed by atoms with Gasteiger partial charge in [-0.3, -0.25) is 4.99 Å². The van der Waals surface area contributed by atoms with Gasteiger partial charge in [0.05, 0.1) is 22.0 Å². The molecule has 2 aromatic rings. The summed E-state index contributed by atoms with van der Waals surface area (Å²) in [6, 6.07) is 10.2. The summed E-state index contributed by atoms with van der Waals surface area (Å²) in [6.45, 7) is 2.36. The van der Waals surface area contributed by atoms with Crippen LogP contribution in [-0.4, -0.2) is 44.1 Å². The van der Waals surface area contributed by atoms with E-state index in [4.69, 9.17) is 9.47 Å². The molecule has 2 aromatic carbocycles. The van der Waals surface area contributed by atoms with E-state index in [0.717, 1.165) is 18.2 Å². The van der Waals surface area contributed by atoms with Gasteiger partial charge < -0.3 is 14.6 Å². The maximum atomic E-state index is 13.8. The topological polar surface area (TPSA) is 85.2 Å². The number of sulfone groups is 1. The minimum absolute atomic E-state index is 0.0377. The Morgan fingerprint density at radius 3 is 2.30 bits per heavy atom. The monoisotopic (exact) mass is 483 g/mol. The van der Waals surface area contributed by atoms with Crippen LogP contribution in [0.4, 0.5) is 13.2 Å². The van der Waals surface area contributed by atoms with Crippen LogP contribution in [0.1, 0.15) is 30.9 Å². The van der Waals surface area contributed by atoms with Crippen LogP contribution < -0.4 is 4.74 Å². The van der Waals surface area contributed by atoms with E-state index in [1.807, 2.05) is 0 Å². The lowest BCUT2D eigenvalue weighted by atomic mass is 9.78. The lowest BCUT2D eigenvalue weighted by molar-refractivity contribution is -0.137. The molecule has 2 unspecified atom stereocenters. The fraction of sp³-hybridized carbons (Fsp3) is 0.348. The molecule has 1 aliphatic heterocycles. The molecule has 178 valence electrons. The molecule has 2 atom stereocenters. The molecular formula is C23H24F3NO5S. The van der Waals surface area contributed by atoms with E-state index >= 15 is 0 Å². The minimum Gasteiger partial charge on any atom is -0.467 e.